The number of nitrogens with zero attached hydrogens (tertiary/aromatic N) is 10. The fourth-order valence-corrected chi connectivity index (χ4v) is 18.8. The molecule has 129 heavy (non-hydrogen) atoms. The molecule has 0 aliphatic carbocycles. The van der Waals surface area contributed by atoms with E-state index in [2.05, 4.69) is 550 Å². The van der Waals surface area contributed by atoms with Gasteiger partial charge < -0.3 is 0 Å². The van der Waals surface area contributed by atoms with Crippen LogP contribution in [0.3, 0.4) is 0 Å². The predicted molar refractivity (Wildman–Crippen MR) is 528 cm³/mol. The van der Waals surface area contributed by atoms with E-state index in [1.54, 1.807) is 0 Å². The first kappa shape index (κ1) is 87.5. The molecule has 0 saturated heterocycles. The Morgan fingerprint density at radius 2 is 0.465 bits per heavy atom. The Morgan fingerprint density at radius 1 is 0.171 bits per heavy atom. The largest absolute Gasteiger partial charge is 0.220 e. The van der Waals surface area contributed by atoms with E-state index in [4.69, 9.17) is 0 Å². The van der Waals surface area contributed by atoms with E-state index in [-0.39, 0.29) is 0 Å². The number of aromatic nitrogens is 10. The van der Waals surface area contributed by atoms with Crippen molar-refractivity contribution in [3.63, 3.8) is 0 Å². The van der Waals surface area contributed by atoms with Crippen LogP contribution in [-0.2, 0) is 70.5 Å². The van der Waals surface area contributed by atoms with E-state index in [1.165, 1.54) is 217 Å². The smallest absolute Gasteiger partial charge is 0.201 e. The zero-order chi connectivity index (χ0) is 90.4. The Balaban J connectivity index is 0.000000118. The van der Waals surface area contributed by atoms with Crippen LogP contribution in [0.5, 0.6) is 0 Å². The molecule has 10 heteroatoms. The average Bonchev–Trinajstić information content (AvgIpc) is 0.761. The Bertz CT molecular complexity index is 7680. The van der Waals surface area contributed by atoms with Crippen molar-refractivity contribution in [1.82, 2.24) is 0 Å². The predicted octanol–water partition coefficient (Wildman–Crippen LogP) is 21.9. The summed E-state index contributed by atoms with van der Waals surface area (Å²) in [5, 5.41) is 12.7. The molecule has 0 N–H and O–H groups in total. The van der Waals surface area contributed by atoms with E-state index in [1.807, 2.05) is 0 Å². The van der Waals surface area contributed by atoms with Gasteiger partial charge in [0, 0.05) is 155 Å². The fourth-order valence-electron chi connectivity index (χ4n) is 18.8. The zero-order valence-electron chi connectivity index (χ0n) is 78.2. The second-order valence-corrected chi connectivity index (χ2v) is 34.6. The fraction of sp³-hybridized carbons (Fsp3) is 0.160. The van der Waals surface area contributed by atoms with Crippen LogP contribution in [0, 0.1) is 62.3 Å². The van der Waals surface area contributed by atoms with Gasteiger partial charge in [-0.1, -0.05) is 121 Å². The zero-order valence-corrected chi connectivity index (χ0v) is 78.2. The quantitative estimate of drug-likeness (QED) is 0.122. The van der Waals surface area contributed by atoms with Gasteiger partial charge in [0.25, 0.3) is 0 Å². The minimum Gasteiger partial charge on any atom is -0.201 e. The number of fused-ring (bicyclic) bond motifs is 5. The molecule has 0 bridgehead atoms. The van der Waals surface area contributed by atoms with Crippen molar-refractivity contribution < 1.29 is 45.7 Å². The van der Waals surface area contributed by atoms with Gasteiger partial charge in [0.15, 0.2) is 61.0 Å². The molecule has 20 aromatic rings. The second kappa shape index (κ2) is 38.1. The molecular formula is C119H118N10+10. The molecule has 10 aromatic carbocycles. The first-order chi connectivity index (χ1) is 62.4. The molecule has 0 unspecified atom stereocenters. The monoisotopic (exact) mass is 1690 g/mol. The van der Waals surface area contributed by atoms with Crippen LogP contribution in [0.2, 0.25) is 0 Å². The molecule has 0 saturated carbocycles. The van der Waals surface area contributed by atoms with Crippen LogP contribution >= 0.6 is 0 Å². The maximum Gasteiger partial charge on any atom is 0.220 e. The molecule has 10 aromatic heterocycles. The van der Waals surface area contributed by atoms with Crippen LogP contribution in [0.1, 0.15) is 50.3 Å². The highest BCUT2D eigenvalue weighted by atomic mass is 15.0. The second-order valence-electron chi connectivity index (χ2n) is 34.6. The molecule has 0 amide bonds. The molecule has 0 atom stereocenters. The topological polar surface area (TPSA) is 38.8 Å². The van der Waals surface area contributed by atoms with Crippen LogP contribution in [0.15, 0.2) is 371 Å². The van der Waals surface area contributed by atoms with Crippen LogP contribution in [0.4, 0.5) is 0 Å². The normalized spacial score (nSPS) is 11.1. The van der Waals surface area contributed by atoms with Gasteiger partial charge in [0.2, 0.25) is 56.9 Å². The highest BCUT2D eigenvalue weighted by molar-refractivity contribution is 6.01. The Labute approximate surface area is 761 Å². The standard InChI is InChI=1S/2C25H26N2.3C23H22N2/c1-17-13-18(2)27(5)25(14-17)23-12-8-11-22(19(23)3)24-15-20-9-6-7-10-21(20)16-26(24)4;1-17-15-18(2)27(5)24(16-17)21-11-8-12-22(19(21)3)25-23-10-7-6-9-20(23)13-14-26(25)4;1-17-20(21-12-6-8-14-24(21)2)16-18-10-4-5-11-19(18)23(17)22-13-7-9-15-25(22)3;1-17-19(22-13-6-7-15-24(22)2)11-8-12-20(17)23-21-10-5-4-9-18(21)14-16-25(23)3;1-17-20(22-13-6-7-14-24(22)2)11-8-12-21(17)23-15-18-9-4-5-10-19(18)16-25(23)3/h2*6-16H,1-5H3;3*4-16H,1-3H3/q5*+2. The van der Waals surface area contributed by atoms with Crippen molar-refractivity contribution in [3.8, 4) is 113 Å². The average molecular weight is 1690 g/mol. The van der Waals surface area contributed by atoms with Gasteiger partial charge in [0.1, 0.15) is 70.5 Å². The van der Waals surface area contributed by atoms with Gasteiger partial charge in [-0.25, -0.2) is 36.5 Å². The number of hydrogen-bond acceptors (Lipinski definition) is 0. The van der Waals surface area contributed by atoms with Crippen molar-refractivity contribution in [2.45, 2.75) is 62.3 Å². The van der Waals surface area contributed by atoms with Crippen molar-refractivity contribution >= 4 is 53.9 Å². The third-order valence-corrected chi connectivity index (χ3v) is 26.0. The minimum absolute atomic E-state index is 1.23. The summed E-state index contributed by atoms with van der Waals surface area (Å²) in [6, 6.07) is 115. The molecule has 0 radical (unpaired) electrons. The van der Waals surface area contributed by atoms with E-state index in [0.29, 0.717) is 0 Å². The third kappa shape index (κ3) is 18.0. The molecule has 10 nitrogen and oxygen atoms in total. The number of pyridine rings is 10. The van der Waals surface area contributed by atoms with Gasteiger partial charge in [-0.15, -0.1) is 0 Å². The van der Waals surface area contributed by atoms with Crippen LogP contribution in [-0.4, -0.2) is 0 Å². The van der Waals surface area contributed by atoms with E-state index in [9.17, 15) is 0 Å². The van der Waals surface area contributed by atoms with Crippen molar-refractivity contribution in [2.24, 2.45) is 70.5 Å². The molecule has 0 aliphatic heterocycles. The van der Waals surface area contributed by atoms with E-state index >= 15 is 0 Å². The van der Waals surface area contributed by atoms with Gasteiger partial charge in [0.05, 0.1) is 33.0 Å². The van der Waals surface area contributed by atoms with Gasteiger partial charge in [-0.3, -0.25) is 0 Å². The summed E-state index contributed by atoms with van der Waals surface area (Å²) in [4.78, 5) is 0. The Morgan fingerprint density at radius 3 is 0.845 bits per heavy atom. The molecule has 10 heterocycles. The van der Waals surface area contributed by atoms with Crippen molar-refractivity contribution in [1.29, 1.82) is 0 Å². The van der Waals surface area contributed by atoms with E-state index in [0.717, 1.165) is 0 Å². The summed E-state index contributed by atoms with van der Waals surface area (Å²) in [5.74, 6) is 0. The summed E-state index contributed by atoms with van der Waals surface area (Å²) in [5.41, 5.74) is 36.9. The number of rotatable bonds is 10. The van der Waals surface area contributed by atoms with Gasteiger partial charge >= 0.3 is 0 Å². The van der Waals surface area contributed by atoms with Gasteiger partial charge in [-0.2, -0.15) is 9.13 Å². The maximum absolute atomic E-state index is 2.31. The molecule has 20 rings (SSSR count). The number of aryl methyl sites for hydroxylation is 12. The third-order valence-electron chi connectivity index (χ3n) is 26.0. The van der Waals surface area contributed by atoms with Gasteiger partial charge in [-0.05, 0) is 223 Å². The first-order valence-corrected chi connectivity index (χ1v) is 44.6. The summed E-state index contributed by atoms with van der Waals surface area (Å²) in [7, 11) is 21.2. The molecule has 0 fully saturated rings. The lowest BCUT2D eigenvalue weighted by Gasteiger charge is -2.13. The summed E-state index contributed by atoms with van der Waals surface area (Å²) < 4.78 is 22.2. The summed E-state index contributed by atoms with van der Waals surface area (Å²) >= 11 is 0. The molecular weight excluding hydrogens is 1570 g/mol. The minimum atomic E-state index is 1.23. The first-order valence-electron chi connectivity index (χ1n) is 44.6. The molecule has 0 spiro atoms. The Hall–Kier alpha value is -15.0. The van der Waals surface area contributed by atoms with E-state index < -0.39 is 0 Å². The Kier molecular flexibility index (Phi) is 25.8. The number of benzene rings is 10. The van der Waals surface area contributed by atoms with Crippen molar-refractivity contribution in [3.05, 3.63) is 421 Å². The van der Waals surface area contributed by atoms with Crippen LogP contribution in [0.25, 0.3) is 166 Å². The lowest BCUT2D eigenvalue weighted by Crippen LogP contribution is -2.35. The van der Waals surface area contributed by atoms with Crippen LogP contribution < -0.4 is 45.7 Å². The van der Waals surface area contributed by atoms with Crippen molar-refractivity contribution in [2.75, 3.05) is 0 Å². The summed E-state index contributed by atoms with van der Waals surface area (Å²) in [6.07, 6.45) is 17.1. The SMILES string of the molecule is Cc1c(-c2cccc[n+]2C)cc2ccccc2c1-c1cccc[n+]1C.Cc1c(-c2cccc[n+]2C)cccc1-c1c2ccccc2cc[n+]1C.Cc1c(-c2cccc[n+]2C)cccc1-c1cc2ccccc2c[n+]1C.Cc1cc(C)[n+](C)c(-c2cccc(-c3c4ccccc4cc[n+]3C)c2C)c1.Cc1cc(C)[n+](C)c(-c2cccc(-c3cc4ccccc4c[n+]3C)c2C)c1. The highest BCUT2D eigenvalue weighted by Crippen LogP contribution is 2.40. The molecule has 0 aliphatic rings. The number of hydrogen-bond donors (Lipinski definition) is 0. The highest BCUT2D eigenvalue weighted by Gasteiger charge is 2.29. The lowest BCUT2D eigenvalue weighted by molar-refractivity contribution is -0.666. The lowest BCUT2D eigenvalue weighted by atomic mass is 9.91. The summed E-state index contributed by atoms with van der Waals surface area (Å²) in [6.45, 7) is 19.8. The molecule has 634 valence electrons. The maximum atomic E-state index is 2.31.